The molecule has 0 amide bonds. The second-order valence-electron chi connectivity index (χ2n) is 5.16. The van der Waals surface area contributed by atoms with Crippen molar-refractivity contribution >= 4 is 12.6 Å². The summed E-state index contributed by atoms with van der Waals surface area (Å²) in [5, 5.41) is 18.2. The molecule has 0 saturated carbocycles. The first-order chi connectivity index (χ1) is 9.60. The van der Waals surface area contributed by atoms with Crippen molar-refractivity contribution in [2.24, 2.45) is 0 Å². The van der Waals surface area contributed by atoms with Crippen LogP contribution in [0.15, 0.2) is 18.2 Å². The zero-order valence-corrected chi connectivity index (χ0v) is 11.8. The Balaban J connectivity index is 1.93. The third kappa shape index (κ3) is 4.02. The van der Waals surface area contributed by atoms with E-state index in [0.29, 0.717) is 12.6 Å². The summed E-state index contributed by atoms with van der Waals surface area (Å²) >= 11 is 0. The molecule has 2 rings (SSSR count). The summed E-state index contributed by atoms with van der Waals surface area (Å²) in [6.07, 6.45) is 2.36. The van der Waals surface area contributed by atoms with Gasteiger partial charge in [-0.3, -0.25) is 4.90 Å². The fraction of sp³-hybridized carbons (Fsp3) is 0.571. The molecule has 0 unspecified atom stereocenters. The molecular formula is C14H21BFNO3. The van der Waals surface area contributed by atoms with Gasteiger partial charge in [-0.2, -0.15) is 0 Å². The van der Waals surface area contributed by atoms with E-state index in [1.807, 2.05) is 6.92 Å². The van der Waals surface area contributed by atoms with Crippen molar-refractivity contribution in [3.8, 4) is 0 Å². The maximum absolute atomic E-state index is 13.4. The van der Waals surface area contributed by atoms with Crippen LogP contribution in [0.2, 0.25) is 0 Å². The van der Waals surface area contributed by atoms with Crippen molar-refractivity contribution < 1.29 is 19.2 Å². The van der Waals surface area contributed by atoms with Crippen molar-refractivity contribution in [2.75, 3.05) is 19.7 Å². The molecule has 0 bridgehead atoms. The molecule has 1 aliphatic rings. The van der Waals surface area contributed by atoms with Gasteiger partial charge in [-0.25, -0.2) is 4.39 Å². The van der Waals surface area contributed by atoms with Crippen molar-refractivity contribution in [1.29, 1.82) is 0 Å². The molecule has 6 heteroatoms. The van der Waals surface area contributed by atoms with Crippen LogP contribution in [0.3, 0.4) is 0 Å². The first kappa shape index (κ1) is 15.4. The first-order valence-electron chi connectivity index (χ1n) is 7.08. The van der Waals surface area contributed by atoms with Crippen LogP contribution < -0.4 is 5.46 Å². The fourth-order valence-corrected chi connectivity index (χ4v) is 2.62. The van der Waals surface area contributed by atoms with Gasteiger partial charge in [0.1, 0.15) is 5.82 Å². The topological polar surface area (TPSA) is 52.9 Å². The predicted octanol–water partition coefficient (Wildman–Crippen LogP) is 0.506. The van der Waals surface area contributed by atoms with E-state index in [9.17, 15) is 4.39 Å². The van der Waals surface area contributed by atoms with Gasteiger partial charge in [0.25, 0.3) is 0 Å². The van der Waals surface area contributed by atoms with E-state index in [2.05, 4.69) is 4.90 Å². The van der Waals surface area contributed by atoms with Crippen molar-refractivity contribution in [3.05, 3.63) is 29.6 Å². The molecule has 0 aliphatic carbocycles. The predicted molar refractivity (Wildman–Crippen MR) is 76.2 cm³/mol. The van der Waals surface area contributed by atoms with Gasteiger partial charge in [0, 0.05) is 31.7 Å². The second-order valence-corrected chi connectivity index (χ2v) is 5.16. The molecule has 20 heavy (non-hydrogen) atoms. The molecule has 110 valence electrons. The number of ether oxygens (including phenoxy) is 1. The van der Waals surface area contributed by atoms with Gasteiger partial charge in [0.2, 0.25) is 0 Å². The van der Waals surface area contributed by atoms with Crippen molar-refractivity contribution in [3.63, 3.8) is 0 Å². The summed E-state index contributed by atoms with van der Waals surface area (Å²) in [4.78, 5) is 2.27. The van der Waals surface area contributed by atoms with E-state index < -0.39 is 12.9 Å². The molecule has 1 heterocycles. The van der Waals surface area contributed by atoms with Gasteiger partial charge in [-0.1, -0.05) is 12.1 Å². The maximum atomic E-state index is 13.4. The lowest BCUT2D eigenvalue weighted by molar-refractivity contribution is 0.0125. The molecule has 0 aromatic heterocycles. The molecule has 4 nitrogen and oxygen atoms in total. The largest absolute Gasteiger partial charge is 0.491 e. The van der Waals surface area contributed by atoms with Crippen LogP contribution in [-0.4, -0.2) is 47.9 Å². The summed E-state index contributed by atoms with van der Waals surface area (Å²) in [7, 11) is -1.77. The SMILES string of the molecule is CCOC1CCN(Cc2ccc(F)c(B(O)O)c2)CC1. The minimum Gasteiger partial charge on any atom is -0.423 e. The number of hydrogen-bond donors (Lipinski definition) is 2. The summed E-state index contributed by atoms with van der Waals surface area (Å²) in [5.74, 6) is -0.584. The highest BCUT2D eigenvalue weighted by molar-refractivity contribution is 6.58. The Morgan fingerprint density at radius 3 is 2.65 bits per heavy atom. The lowest BCUT2D eigenvalue weighted by Gasteiger charge is -2.31. The number of likely N-dealkylation sites (tertiary alicyclic amines) is 1. The lowest BCUT2D eigenvalue weighted by Crippen LogP contribution is -2.37. The number of benzene rings is 1. The van der Waals surface area contributed by atoms with Gasteiger partial charge in [-0.15, -0.1) is 0 Å². The van der Waals surface area contributed by atoms with Crippen LogP contribution >= 0.6 is 0 Å². The van der Waals surface area contributed by atoms with Gasteiger partial charge in [0.05, 0.1) is 6.10 Å². The van der Waals surface area contributed by atoms with Crippen LogP contribution in [0.5, 0.6) is 0 Å². The first-order valence-corrected chi connectivity index (χ1v) is 7.08. The van der Waals surface area contributed by atoms with E-state index in [0.717, 1.165) is 38.1 Å². The smallest absolute Gasteiger partial charge is 0.423 e. The van der Waals surface area contributed by atoms with Crippen LogP contribution in [0.4, 0.5) is 4.39 Å². The zero-order valence-electron chi connectivity index (χ0n) is 11.8. The minimum atomic E-state index is -1.77. The third-order valence-corrected chi connectivity index (χ3v) is 3.68. The number of hydrogen-bond acceptors (Lipinski definition) is 4. The van der Waals surface area contributed by atoms with Crippen molar-refractivity contribution in [1.82, 2.24) is 4.90 Å². The highest BCUT2D eigenvalue weighted by Gasteiger charge is 2.21. The van der Waals surface area contributed by atoms with E-state index in [1.165, 1.54) is 12.1 Å². The molecule has 0 radical (unpaired) electrons. The standard InChI is InChI=1S/C14H21BFNO3/c1-2-20-12-5-7-17(8-6-12)10-11-3-4-14(16)13(9-11)15(18)19/h3-4,9,12,18-19H,2,5-8,10H2,1H3. The Morgan fingerprint density at radius 2 is 2.05 bits per heavy atom. The summed E-state index contributed by atoms with van der Waals surface area (Å²) < 4.78 is 19.0. The van der Waals surface area contributed by atoms with E-state index >= 15 is 0 Å². The quantitative estimate of drug-likeness (QED) is 0.772. The molecule has 1 aromatic carbocycles. The maximum Gasteiger partial charge on any atom is 0.491 e. The Labute approximate surface area is 119 Å². The normalized spacial score (nSPS) is 17.4. The Hall–Kier alpha value is -0.945. The molecule has 1 aromatic rings. The zero-order chi connectivity index (χ0) is 14.5. The number of piperidine rings is 1. The number of halogens is 1. The second kappa shape index (κ2) is 7.17. The van der Waals surface area contributed by atoms with Gasteiger partial charge in [-0.05, 0) is 31.4 Å². The Morgan fingerprint density at radius 1 is 1.35 bits per heavy atom. The number of nitrogens with zero attached hydrogens (tertiary/aromatic N) is 1. The Kier molecular flexibility index (Phi) is 5.54. The molecule has 2 N–H and O–H groups in total. The van der Waals surface area contributed by atoms with Crippen LogP contribution in [0.25, 0.3) is 0 Å². The molecule has 1 fully saturated rings. The van der Waals surface area contributed by atoms with Gasteiger partial charge >= 0.3 is 7.12 Å². The van der Waals surface area contributed by atoms with Crippen LogP contribution in [0.1, 0.15) is 25.3 Å². The van der Waals surface area contributed by atoms with Gasteiger partial charge in [0.15, 0.2) is 0 Å². The average molecular weight is 281 g/mol. The molecule has 1 saturated heterocycles. The summed E-state index contributed by atoms with van der Waals surface area (Å²) in [6, 6.07) is 4.50. The Bertz CT molecular complexity index is 436. The summed E-state index contributed by atoms with van der Waals surface area (Å²) in [6.45, 7) is 5.34. The molecule has 0 spiro atoms. The van der Waals surface area contributed by atoms with Gasteiger partial charge < -0.3 is 14.8 Å². The lowest BCUT2D eigenvalue weighted by atomic mass is 9.79. The fourth-order valence-electron chi connectivity index (χ4n) is 2.62. The molecular weight excluding hydrogens is 260 g/mol. The molecule has 0 atom stereocenters. The summed E-state index contributed by atoms with van der Waals surface area (Å²) in [5.41, 5.74) is 0.830. The highest BCUT2D eigenvalue weighted by atomic mass is 19.1. The van der Waals surface area contributed by atoms with E-state index in [1.54, 1.807) is 6.07 Å². The van der Waals surface area contributed by atoms with Crippen molar-refractivity contribution in [2.45, 2.75) is 32.4 Å². The van der Waals surface area contributed by atoms with E-state index in [4.69, 9.17) is 14.8 Å². The van der Waals surface area contributed by atoms with E-state index in [-0.39, 0.29) is 5.46 Å². The average Bonchev–Trinajstić information content (AvgIpc) is 2.43. The third-order valence-electron chi connectivity index (χ3n) is 3.68. The highest BCUT2D eigenvalue weighted by Crippen LogP contribution is 2.16. The van der Waals surface area contributed by atoms with Crippen LogP contribution in [0, 0.1) is 5.82 Å². The minimum absolute atomic E-state index is 0.0632. The monoisotopic (exact) mass is 281 g/mol. The van der Waals surface area contributed by atoms with Crippen LogP contribution in [-0.2, 0) is 11.3 Å². The molecule has 1 aliphatic heterocycles. The number of rotatable bonds is 5.